The molecule has 0 bridgehead atoms. The van der Waals surface area contributed by atoms with Gasteiger partial charge in [0.05, 0.1) is 6.54 Å². The van der Waals surface area contributed by atoms with E-state index in [1.807, 2.05) is 6.92 Å². The van der Waals surface area contributed by atoms with E-state index in [9.17, 15) is 4.79 Å². The molecule has 1 amide bonds. The molecule has 1 fully saturated rings. The zero-order valence-corrected chi connectivity index (χ0v) is 9.46. The molecule has 0 saturated carbocycles. The molecule has 0 aromatic carbocycles. The van der Waals surface area contributed by atoms with Crippen molar-refractivity contribution in [3.63, 3.8) is 0 Å². The Labute approximate surface area is 92.2 Å². The van der Waals surface area contributed by atoms with E-state index in [0.29, 0.717) is 25.4 Å². The number of carbonyl (C=O) groups is 1. The molecule has 1 saturated heterocycles. The van der Waals surface area contributed by atoms with Crippen LogP contribution in [0.15, 0.2) is 0 Å². The first-order valence-corrected chi connectivity index (χ1v) is 5.69. The largest absolute Gasteiger partial charge is 0.332 e. The van der Waals surface area contributed by atoms with Crippen molar-refractivity contribution in [2.75, 3.05) is 26.2 Å². The fourth-order valence-corrected chi connectivity index (χ4v) is 1.96. The molecule has 1 unspecified atom stereocenters. The van der Waals surface area contributed by atoms with Gasteiger partial charge in [0, 0.05) is 13.0 Å². The lowest BCUT2D eigenvalue weighted by Gasteiger charge is -2.25. The summed E-state index contributed by atoms with van der Waals surface area (Å²) in [6.45, 7) is 5.18. The number of nitrogens with zero attached hydrogens (tertiary/aromatic N) is 1. The minimum atomic E-state index is 0.198. The molecule has 3 nitrogen and oxygen atoms in total. The second kappa shape index (κ2) is 6.47. The molecule has 0 aromatic heterocycles. The summed E-state index contributed by atoms with van der Waals surface area (Å²) < 4.78 is 0. The Kier molecular flexibility index (Phi) is 5.20. The molecule has 1 aliphatic heterocycles. The summed E-state index contributed by atoms with van der Waals surface area (Å²) in [5.41, 5.74) is 0. The van der Waals surface area contributed by atoms with Gasteiger partial charge in [-0.15, -0.1) is 6.42 Å². The summed E-state index contributed by atoms with van der Waals surface area (Å²) in [7, 11) is 0. The van der Waals surface area contributed by atoms with Crippen LogP contribution in [0.5, 0.6) is 0 Å². The summed E-state index contributed by atoms with van der Waals surface area (Å²) >= 11 is 0. The van der Waals surface area contributed by atoms with Crippen molar-refractivity contribution in [3.8, 4) is 12.3 Å². The average molecular weight is 208 g/mol. The maximum atomic E-state index is 11.8. The fraction of sp³-hybridized carbons (Fsp3) is 0.750. The van der Waals surface area contributed by atoms with Crippen molar-refractivity contribution in [3.05, 3.63) is 0 Å². The molecule has 1 N–H and O–H groups in total. The molecule has 0 aliphatic carbocycles. The lowest BCUT2D eigenvalue weighted by molar-refractivity contribution is -0.131. The van der Waals surface area contributed by atoms with Crippen molar-refractivity contribution >= 4 is 5.91 Å². The van der Waals surface area contributed by atoms with Crippen LogP contribution in [0.2, 0.25) is 0 Å². The van der Waals surface area contributed by atoms with E-state index in [1.165, 1.54) is 6.42 Å². The van der Waals surface area contributed by atoms with Gasteiger partial charge in [-0.2, -0.15) is 0 Å². The fourth-order valence-electron chi connectivity index (χ4n) is 1.96. The van der Waals surface area contributed by atoms with Crippen LogP contribution in [0.25, 0.3) is 0 Å². The van der Waals surface area contributed by atoms with Crippen LogP contribution in [0, 0.1) is 18.3 Å². The van der Waals surface area contributed by atoms with Crippen LogP contribution in [0.3, 0.4) is 0 Å². The van der Waals surface area contributed by atoms with Crippen molar-refractivity contribution in [2.24, 2.45) is 5.92 Å². The van der Waals surface area contributed by atoms with Crippen LogP contribution < -0.4 is 5.32 Å². The predicted molar refractivity (Wildman–Crippen MR) is 61.3 cm³/mol. The van der Waals surface area contributed by atoms with Gasteiger partial charge < -0.3 is 10.2 Å². The summed E-state index contributed by atoms with van der Waals surface area (Å²) in [6.07, 6.45) is 8.20. The molecule has 1 atom stereocenters. The van der Waals surface area contributed by atoms with E-state index in [0.717, 1.165) is 19.5 Å². The normalized spacial score (nSPS) is 20.7. The number of hydrogen-bond acceptors (Lipinski definition) is 2. The highest BCUT2D eigenvalue weighted by atomic mass is 16.2. The Morgan fingerprint density at radius 1 is 1.67 bits per heavy atom. The van der Waals surface area contributed by atoms with Gasteiger partial charge in [0.2, 0.25) is 5.91 Å². The van der Waals surface area contributed by atoms with Crippen molar-refractivity contribution < 1.29 is 4.79 Å². The molecular weight excluding hydrogens is 188 g/mol. The van der Waals surface area contributed by atoms with E-state index >= 15 is 0 Å². The molecule has 1 rings (SSSR count). The Morgan fingerprint density at radius 3 is 3.00 bits per heavy atom. The van der Waals surface area contributed by atoms with Gasteiger partial charge >= 0.3 is 0 Å². The number of carbonyl (C=O) groups excluding carboxylic acids is 1. The third kappa shape index (κ3) is 3.93. The lowest BCUT2D eigenvalue weighted by atomic mass is 9.95. The Bertz CT molecular complexity index is 238. The number of nitrogens with one attached hydrogen (secondary N) is 1. The van der Waals surface area contributed by atoms with Crippen molar-refractivity contribution in [1.82, 2.24) is 10.2 Å². The maximum absolute atomic E-state index is 11.8. The topological polar surface area (TPSA) is 32.3 Å². The van der Waals surface area contributed by atoms with E-state index in [1.54, 1.807) is 4.90 Å². The standard InChI is InChI=1S/C12H20N2O/c1-3-8-14(4-2)12(15)9-11-6-5-7-13-10-11/h1,11,13H,4-10H2,2H3. The zero-order chi connectivity index (χ0) is 11.1. The monoisotopic (exact) mass is 208 g/mol. The molecule has 1 heterocycles. The summed E-state index contributed by atoms with van der Waals surface area (Å²) in [5.74, 6) is 3.22. The number of hydrogen-bond donors (Lipinski definition) is 1. The summed E-state index contributed by atoms with van der Waals surface area (Å²) in [6, 6.07) is 0. The average Bonchev–Trinajstić information content (AvgIpc) is 2.27. The van der Waals surface area contributed by atoms with Gasteiger partial charge in [0.25, 0.3) is 0 Å². The highest BCUT2D eigenvalue weighted by molar-refractivity contribution is 5.76. The SMILES string of the molecule is C#CCN(CC)C(=O)CC1CCCNC1. The number of rotatable bonds is 4. The van der Waals surface area contributed by atoms with E-state index in [4.69, 9.17) is 6.42 Å². The predicted octanol–water partition coefficient (Wildman–Crippen LogP) is 0.858. The van der Waals surface area contributed by atoms with Crippen LogP contribution >= 0.6 is 0 Å². The van der Waals surface area contributed by atoms with Gasteiger partial charge in [-0.3, -0.25) is 4.79 Å². The second-order valence-corrected chi connectivity index (χ2v) is 4.03. The number of piperidine rings is 1. The maximum Gasteiger partial charge on any atom is 0.223 e. The molecule has 0 radical (unpaired) electrons. The second-order valence-electron chi connectivity index (χ2n) is 4.03. The Hall–Kier alpha value is -1.01. The minimum absolute atomic E-state index is 0.198. The van der Waals surface area contributed by atoms with Crippen LogP contribution in [-0.4, -0.2) is 37.0 Å². The highest BCUT2D eigenvalue weighted by Gasteiger charge is 2.19. The smallest absolute Gasteiger partial charge is 0.223 e. The van der Waals surface area contributed by atoms with Crippen LogP contribution in [0.4, 0.5) is 0 Å². The van der Waals surface area contributed by atoms with E-state index in [2.05, 4.69) is 11.2 Å². The van der Waals surface area contributed by atoms with Crippen molar-refractivity contribution in [2.45, 2.75) is 26.2 Å². The summed E-state index contributed by atoms with van der Waals surface area (Å²) in [4.78, 5) is 13.6. The third-order valence-electron chi connectivity index (χ3n) is 2.88. The first kappa shape index (κ1) is 12.1. The number of amides is 1. The quantitative estimate of drug-likeness (QED) is 0.695. The summed E-state index contributed by atoms with van der Waals surface area (Å²) in [5, 5.41) is 3.32. The first-order valence-electron chi connectivity index (χ1n) is 5.69. The molecular formula is C12H20N2O. The van der Waals surface area contributed by atoms with Gasteiger partial charge in [-0.1, -0.05) is 5.92 Å². The minimum Gasteiger partial charge on any atom is -0.332 e. The molecule has 0 aromatic rings. The molecule has 3 heteroatoms. The lowest BCUT2D eigenvalue weighted by Crippen LogP contribution is -2.36. The van der Waals surface area contributed by atoms with Gasteiger partial charge in [0.1, 0.15) is 0 Å². The van der Waals surface area contributed by atoms with Crippen molar-refractivity contribution in [1.29, 1.82) is 0 Å². The van der Waals surface area contributed by atoms with Crippen LogP contribution in [0.1, 0.15) is 26.2 Å². The number of terminal acetylenes is 1. The van der Waals surface area contributed by atoms with Gasteiger partial charge in [-0.25, -0.2) is 0 Å². The van der Waals surface area contributed by atoms with Gasteiger partial charge in [0.15, 0.2) is 0 Å². The third-order valence-corrected chi connectivity index (χ3v) is 2.88. The first-order chi connectivity index (χ1) is 7.27. The molecule has 1 aliphatic rings. The Morgan fingerprint density at radius 2 is 2.47 bits per heavy atom. The van der Waals surface area contributed by atoms with Crippen LogP contribution in [-0.2, 0) is 4.79 Å². The molecule has 15 heavy (non-hydrogen) atoms. The van der Waals surface area contributed by atoms with Gasteiger partial charge in [-0.05, 0) is 38.8 Å². The van der Waals surface area contributed by atoms with E-state index in [-0.39, 0.29) is 5.91 Å². The van der Waals surface area contributed by atoms with E-state index < -0.39 is 0 Å². The zero-order valence-electron chi connectivity index (χ0n) is 9.46. The highest BCUT2D eigenvalue weighted by Crippen LogP contribution is 2.15. The molecule has 0 spiro atoms. The molecule has 84 valence electrons. The Balaban J connectivity index is 2.35.